The summed E-state index contributed by atoms with van der Waals surface area (Å²) in [6.45, 7) is 6.73. The van der Waals surface area contributed by atoms with Crippen molar-refractivity contribution in [2.24, 2.45) is 5.92 Å². The van der Waals surface area contributed by atoms with E-state index < -0.39 is 0 Å². The smallest absolute Gasteiger partial charge is 0.0602 e. The lowest BCUT2D eigenvalue weighted by Gasteiger charge is -2.23. The Morgan fingerprint density at radius 3 is 2.67 bits per heavy atom. The average molecular weight is 248 g/mol. The van der Waals surface area contributed by atoms with Crippen molar-refractivity contribution >= 4 is 0 Å². The zero-order valence-corrected chi connectivity index (χ0v) is 12.4. The second kappa shape index (κ2) is 8.25. The van der Waals surface area contributed by atoms with Crippen LogP contribution >= 0.6 is 0 Å². The van der Waals surface area contributed by atoms with Gasteiger partial charge in [-0.25, -0.2) is 0 Å². The van der Waals surface area contributed by atoms with Gasteiger partial charge >= 0.3 is 0 Å². The lowest BCUT2D eigenvalue weighted by molar-refractivity contribution is 0.360. The van der Waals surface area contributed by atoms with E-state index in [0.717, 1.165) is 5.92 Å². The molecule has 18 heavy (non-hydrogen) atoms. The highest BCUT2D eigenvalue weighted by molar-refractivity contribution is 5.21. The molecule has 0 aliphatic heterocycles. The first-order chi connectivity index (χ1) is 8.72. The van der Waals surface area contributed by atoms with Gasteiger partial charge in [-0.1, -0.05) is 45.6 Å². The van der Waals surface area contributed by atoms with E-state index in [-0.39, 0.29) is 0 Å². The van der Waals surface area contributed by atoms with Gasteiger partial charge in [0.15, 0.2) is 0 Å². The van der Waals surface area contributed by atoms with Crippen molar-refractivity contribution in [2.75, 3.05) is 7.05 Å². The Labute approximate surface area is 112 Å². The van der Waals surface area contributed by atoms with Crippen LogP contribution < -0.4 is 5.32 Å². The Morgan fingerprint density at radius 2 is 2.11 bits per heavy atom. The zero-order valence-electron chi connectivity index (χ0n) is 12.4. The van der Waals surface area contributed by atoms with E-state index >= 15 is 0 Å². The molecule has 0 saturated heterocycles. The molecule has 0 spiro atoms. The SMILES string of the molecule is CCCCC(CC)CC(NC)c1ncccc1C. The van der Waals surface area contributed by atoms with Crippen molar-refractivity contribution in [3.05, 3.63) is 29.6 Å². The van der Waals surface area contributed by atoms with Crippen LogP contribution in [0, 0.1) is 12.8 Å². The normalized spacial score (nSPS) is 14.4. The summed E-state index contributed by atoms with van der Waals surface area (Å²) < 4.78 is 0. The van der Waals surface area contributed by atoms with Crippen molar-refractivity contribution in [3.8, 4) is 0 Å². The molecule has 102 valence electrons. The standard InChI is InChI=1S/C16H28N2/c1-5-7-10-14(6-2)12-15(17-4)16-13(3)9-8-11-18-16/h8-9,11,14-15,17H,5-7,10,12H2,1-4H3. The molecule has 1 N–H and O–H groups in total. The fourth-order valence-corrected chi connectivity index (χ4v) is 2.54. The van der Waals surface area contributed by atoms with E-state index in [2.05, 4.69) is 37.1 Å². The summed E-state index contributed by atoms with van der Waals surface area (Å²) in [6, 6.07) is 4.56. The first-order valence-corrected chi connectivity index (χ1v) is 7.31. The maximum atomic E-state index is 4.55. The molecule has 0 fully saturated rings. The first kappa shape index (κ1) is 15.2. The van der Waals surface area contributed by atoms with Gasteiger partial charge in [0.05, 0.1) is 5.69 Å². The molecule has 0 radical (unpaired) electrons. The van der Waals surface area contributed by atoms with Crippen LogP contribution in [0.2, 0.25) is 0 Å². The molecule has 2 heteroatoms. The van der Waals surface area contributed by atoms with Crippen molar-refractivity contribution in [2.45, 2.75) is 58.9 Å². The number of rotatable bonds is 8. The molecule has 1 heterocycles. The zero-order chi connectivity index (χ0) is 13.4. The molecule has 1 aromatic heterocycles. The van der Waals surface area contributed by atoms with E-state index in [9.17, 15) is 0 Å². The first-order valence-electron chi connectivity index (χ1n) is 7.31. The van der Waals surface area contributed by atoms with Gasteiger partial charge in [-0.3, -0.25) is 4.98 Å². The number of hydrogen-bond acceptors (Lipinski definition) is 2. The monoisotopic (exact) mass is 248 g/mol. The molecule has 2 atom stereocenters. The summed E-state index contributed by atoms with van der Waals surface area (Å²) in [4.78, 5) is 4.55. The molecule has 1 aromatic rings. The minimum atomic E-state index is 0.396. The Morgan fingerprint density at radius 1 is 1.33 bits per heavy atom. The highest BCUT2D eigenvalue weighted by Crippen LogP contribution is 2.26. The summed E-state index contributed by atoms with van der Waals surface area (Å²) in [7, 11) is 2.05. The summed E-state index contributed by atoms with van der Waals surface area (Å²) in [5.41, 5.74) is 2.51. The summed E-state index contributed by atoms with van der Waals surface area (Å²) in [5.74, 6) is 0.809. The molecule has 0 aliphatic rings. The van der Waals surface area contributed by atoms with E-state index in [1.165, 1.54) is 43.4 Å². The summed E-state index contributed by atoms with van der Waals surface area (Å²) >= 11 is 0. The minimum absolute atomic E-state index is 0.396. The summed E-state index contributed by atoms with van der Waals surface area (Å²) in [6.07, 6.45) is 8.35. The van der Waals surface area contributed by atoms with Gasteiger partial charge in [-0.05, 0) is 37.9 Å². The third-order valence-corrected chi connectivity index (χ3v) is 3.84. The van der Waals surface area contributed by atoms with Crippen molar-refractivity contribution < 1.29 is 0 Å². The van der Waals surface area contributed by atoms with E-state index in [0.29, 0.717) is 6.04 Å². The molecule has 0 bridgehead atoms. The second-order valence-electron chi connectivity index (χ2n) is 5.20. The van der Waals surface area contributed by atoms with Crippen LogP contribution in [-0.4, -0.2) is 12.0 Å². The Kier molecular flexibility index (Phi) is 6.96. The molecule has 0 aliphatic carbocycles. The molecule has 0 amide bonds. The van der Waals surface area contributed by atoms with Gasteiger partial charge in [0.25, 0.3) is 0 Å². The van der Waals surface area contributed by atoms with Gasteiger partial charge < -0.3 is 5.32 Å². The second-order valence-corrected chi connectivity index (χ2v) is 5.20. The van der Waals surface area contributed by atoms with Crippen molar-refractivity contribution in [1.29, 1.82) is 0 Å². The lowest BCUT2D eigenvalue weighted by Crippen LogP contribution is -2.21. The van der Waals surface area contributed by atoms with Crippen molar-refractivity contribution in [1.82, 2.24) is 10.3 Å². The number of hydrogen-bond donors (Lipinski definition) is 1. The lowest BCUT2D eigenvalue weighted by atomic mass is 9.90. The Hall–Kier alpha value is -0.890. The van der Waals surface area contributed by atoms with E-state index in [1.807, 2.05) is 19.3 Å². The molecule has 2 nitrogen and oxygen atoms in total. The predicted molar refractivity (Wildman–Crippen MR) is 78.7 cm³/mol. The fourth-order valence-electron chi connectivity index (χ4n) is 2.54. The number of nitrogens with zero attached hydrogens (tertiary/aromatic N) is 1. The van der Waals surface area contributed by atoms with Crippen LogP contribution in [0.4, 0.5) is 0 Å². The predicted octanol–water partition coefficient (Wildman–Crippen LogP) is 4.26. The fraction of sp³-hybridized carbons (Fsp3) is 0.688. The molecule has 1 rings (SSSR count). The van der Waals surface area contributed by atoms with E-state index in [4.69, 9.17) is 0 Å². The van der Waals surface area contributed by atoms with Crippen LogP contribution in [0.1, 0.15) is 63.3 Å². The number of nitrogens with one attached hydrogen (secondary N) is 1. The average Bonchev–Trinajstić information content (AvgIpc) is 2.40. The number of aryl methyl sites for hydroxylation is 1. The molecular weight excluding hydrogens is 220 g/mol. The third kappa shape index (κ3) is 4.41. The highest BCUT2D eigenvalue weighted by atomic mass is 14.9. The molecule has 0 aromatic carbocycles. The molecule has 2 unspecified atom stereocenters. The van der Waals surface area contributed by atoms with Gasteiger partial charge in [0.1, 0.15) is 0 Å². The number of unbranched alkanes of at least 4 members (excludes halogenated alkanes) is 1. The van der Waals surface area contributed by atoms with Crippen LogP contribution in [-0.2, 0) is 0 Å². The number of pyridine rings is 1. The van der Waals surface area contributed by atoms with Crippen LogP contribution in [0.3, 0.4) is 0 Å². The minimum Gasteiger partial charge on any atom is -0.312 e. The van der Waals surface area contributed by atoms with Gasteiger partial charge in [-0.15, -0.1) is 0 Å². The highest BCUT2D eigenvalue weighted by Gasteiger charge is 2.17. The van der Waals surface area contributed by atoms with Crippen molar-refractivity contribution in [3.63, 3.8) is 0 Å². The molecular formula is C16H28N2. The molecule has 0 saturated carbocycles. The maximum Gasteiger partial charge on any atom is 0.0602 e. The van der Waals surface area contributed by atoms with Crippen LogP contribution in [0.5, 0.6) is 0 Å². The van der Waals surface area contributed by atoms with Crippen LogP contribution in [0.25, 0.3) is 0 Å². The van der Waals surface area contributed by atoms with Gasteiger partial charge in [0.2, 0.25) is 0 Å². The van der Waals surface area contributed by atoms with Gasteiger partial charge in [-0.2, -0.15) is 0 Å². The quantitative estimate of drug-likeness (QED) is 0.743. The summed E-state index contributed by atoms with van der Waals surface area (Å²) in [5, 5.41) is 3.44. The Balaban J connectivity index is 2.68. The third-order valence-electron chi connectivity index (χ3n) is 3.84. The Bertz CT molecular complexity index is 336. The number of aromatic nitrogens is 1. The van der Waals surface area contributed by atoms with Gasteiger partial charge in [0, 0.05) is 12.2 Å². The largest absolute Gasteiger partial charge is 0.312 e. The maximum absolute atomic E-state index is 4.55. The van der Waals surface area contributed by atoms with E-state index in [1.54, 1.807) is 0 Å². The van der Waals surface area contributed by atoms with Crippen LogP contribution in [0.15, 0.2) is 18.3 Å². The topological polar surface area (TPSA) is 24.9 Å².